The van der Waals surface area contributed by atoms with Gasteiger partial charge in [0.2, 0.25) is 0 Å². The van der Waals surface area contributed by atoms with E-state index in [1.165, 1.54) is 41.1 Å². The third-order valence-corrected chi connectivity index (χ3v) is 7.08. The molecule has 0 aliphatic heterocycles. The maximum atomic E-state index is 2.30. The Kier molecular flexibility index (Phi) is 9.28. The van der Waals surface area contributed by atoms with Crippen LogP contribution in [0.25, 0.3) is 0 Å². The number of unbranched alkanes of at least 4 members (excludes halogenated alkanes) is 1. The van der Waals surface area contributed by atoms with Crippen LogP contribution in [-0.2, 0) is 6.54 Å². The zero-order chi connectivity index (χ0) is 24.9. The first-order valence-electron chi connectivity index (χ1n) is 13.1. The van der Waals surface area contributed by atoms with Crippen LogP contribution in [0, 0.1) is 0 Å². The minimum absolute atomic E-state index is 0.913. The van der Waals surface area contributed by atoms with Crippen LogP contribution >= 0.6 is 0 Å². The third kappa shape index (κ3) is 6.40. The summed E-state index contributed by atoms with van der Waals surface area (Å²) in [4.78, 5) is 0. The van der Waals surface area contributed by atoms with Gasteiger partial charge in [-0.1, -0.05) is 147 Å². The quantitative estimate of drug-likeness (QED) is 0.195. The van der Waals surface area contributed by atoms with Gasteiger partial charge in [-0.2, -0.15) is 22.7 Å². The van der Waals surface area contributed by atoms with Crippen molar-refractivity contribution in [3.05, 3.63) is 157 Å². The second kappa shape index (κ2) is 13.3. The smallest absolute Gasteiger partial charge is 0.173 e. The first-order valence-corrected chi connectivity index (χ1v) is 13.1. The SMILES string of the molecule is CCCC[B-](c1ccccc1)(c1ccccc1)c1ccccc1.c1ccc(C[n+]2ccccc2)cc1. The Labute approximate surface area is 217 Å². The topological polar surface area (TPSA) is 3.88 Å². The normalized spacial score (nSPS) is 10.8. The van der Waals surface area contributed by atoms with Crippen LogP contribution < -0.4 is 21.0 Å². The molecule has 2 heteroatoms. The molecule has 0 fully saturated rings. The van der Waals surface area contributed by atoms with E-state index in [9.17, 15) is 0 Å². The van der Waals surface area contributed by atoms with Gasteiger partial charge in [0.25, 0.3) is 0 Å². The van der Waals surface area contributed by atoms with Gasteiger partial charge in [0.15, 0.2) is 18.9 Å². The van der Waals surface area contributed by atoms with Crippen molar-refractivity contribution in [2.45, 2.75) is 32.6 Å². The van der Waals surface area contributed by atoms with Crippen molar-refractivity contribution in [3.63, 3.8) is 0 Å². The van der Waals surface area contributed by atoms with Gasteiger partial charge >= 0.3 is 0 Å². The number of pyridine rings is 1. The molecule has 0 bridgehead atoms. The van der Waals surface area contributed by atoms with Crippen LogP contribution in [0.4, 0.5) is 0 Å². The molecule has 1 nitrogen and oxygen atoms in total. The second-order valence-electron chi connectivity index (χ2n) is 9.45. The maximum Gasteiger partial charge on any atom is 0.173 e. The van der Waals surface area contributed by atoms with Gasteiger partial charge in [-0.05, 0) is 0 Å². The van der Waals surface area contributed by atoms with Crippen molar-refractivity contribution in [1.82, 2.24) is 0 Å². The highest BCUT2D eigenvalue weighted by Crippen LogP contribution is 2.16. The lowest BCUT2D eigenvalue weighted by Crippen LogP contribution is -2.66. The van der Waals surface area contributed by atoms with Crippen molar-refractivity contribution in [1.29, 1.82) is 0 Å². The average Bonchev–Trinajstić information content (AvgIpc) is 2.97. The summed E-state index contributed by atoms with van der Waals surface area (Å²) in [5.74, 6) is 0. The molecule has 0 radical (unpaired) electrons. The number of nitrogens with zero attached hydrogens (tertiary/aromatic N) is 1. The molecule has 0 atom stereocenters. The molecule has 0 aliphatic carbocycles. The van der Waals surface area contributed by atoms with Gasteiger partial charge in [0, 0.05) is 17.7 Å². The van der Waals surface area contributed by atoms with Crippen LogP contribution in [0.5, 0.6) is 0 Å². The molecule has 5 aromatic rings. The Balaban J connectivity index is 0.000000197. The minimum Gasteiger partial charge on any atom is -0.201 e. The van der Waals surface area contributed by atoms with Crippen molar-refractivity contribution in [2.24, 2.45) is 0 Å². The highest BCUT2D eigenvalue weighted by Gasteiger charge is 2.28. The fourth-order valence-electron chi connectivity index (χ4n) is 5.27. The zero-order valence-electron chi connectivity index (χ0n) is 21.3. The van der Waals surface area contributed by atoms with Gasteiger partial charge in [-0.3, -0.25) is 0 Å². The van der Waals surface area contributed by atoms with Gasteiger partial charge in [0.1, 0.15) is 0 Å². The minimum atomic E-state index is -0.913. The molecule has 180 valence electrons. The Morgan fingerprint density at radius 1 is 0.500 bits per heavy atom. The number of rotatable bonds is 8. The zero-order valence-corrected chi connectivity index (χ0v) is 21.3. The highest BCUT2D eigenvalue weighted by molar-refractivity contribution is 7.11. The summed E-state index contributed by atoms with van der Waals surface area (Å²) < 4.78 is 2.16. The molecular weight excluding hydrogens is 433 g/mol. The summed E-state index contributed by atoms with van der Waals surface area (Å²) in [5.41, 5.74) is 5.66. The molecule has 1 aromatic heterocycles. The summed E-state index contributed by atoms with van der Waals surface area (Å²) in [5, 5.41) is 0. The fraction of sp³-hybridized carbons (Fsp3) is 0.147. The highest BCUT2D eigenvalue weighted by atomic mass is 14.9. The fourth-order valence-corrected chi connectivity index (χ4v) is 5.27. The largest absolute Gasteiger partial charge is 0.201 e. The first-order chi connectivity index (χ1) is 17.8. The summed E-state index contributed by atoms with van der Waals surface area (Å²) in [6.07, 6.45) is 6.88. The Morgan fingerprint density at radius 2 is 0.889 bits per heavy atom. The van der Waals surface area contributed by atoms with E-state index in [4.69, 9.17) is 0 Å². The van der Waals surface area contributed by atoms with Crippen molar-refractivity contribution in [3.8, 4) is 0 Å². The second-order valence-corrected chi connectivity index (χ2v) is 9.45. The monoisotopic (exact) mass is 469 g/mol. The van der Waals surface area contributed by atoms with E-state index in [1.54, 1.807) is 0 Å². The molecule has 4 aromatic carbocycles. The molecule has 0 saturated heterocycles. The predicted molar refractivity (Wildman–Crippen MR) is 156 cm³/mol. The summed E-state index contributed by atoms with van der Waals surface area (Å²) in [6.45, 7) is 3.23. The van der Waals surface area contributed by atoms with E-state index in [0.717, 1.165) is 6.54 Å². The van der Waals surface area contributed by atoms with E-state index in [1.807, 2.05) is 24.3 Å². The lowest BCUT2D eigenvalue weighted by Gasteiger charge is -2.43. The molecule has 0 amide bonds. The van der Waals surface area contributed by atoms with E-state index in [-0.39, 0.29) is 0 Å². The summed E-state index contributed by atoms with van der Waals surface area (Å²) in [6, 6.07) is 49.7. The van der Waals surface area contributed by atoms with Crippen molar-refractivity contribution in [2.75, 3.05) is 0 Å². The number of benzene rings is 4. The van der Waals surface area contributed by atoms with E-state index < -0.39 is 6.15 Å². The van der Waals surface area contributed by atoms with E-state index in [0.29, 0.717) is 0 Å². The van der Waals surface area contributed by atoms with Gasteiger partial charge in [-0.15, -0.1) is 0 Å². The van der Waals surface area contributed by atoms with Crippen LogP contribution in [-0.4, -0.2) is 6.15 Å². The molecular formula is C34H36BN. The van der Waals surface area contributed by atoms with Crippen molar-refractivity contribution >= 4 is 22.5 Å². The lowest BCUT2D eigenvalue weighted by molar-refractivity contribution is -0.688. The Bertz CT molecular complexity index is 1120. The van der Waals surface area contributed by atoms with Crippen LogP contribution in [0.3, 0.4) is 0 Å². The standard InChI is InChI=1S/C22H24B.C12H12N/c1-2-3-19-23(20-13-7-4-8-14-20,21-15-9-5-10-16-21)22-17-11-6-12-18-22;1-3-7-12(8-4-1)11-13-9-5-2-6-10-13/h4-18H,2-3,19H2,1H3;1-10H,11H2/q-1;+1. The molecule has 0 unspecified atom stereocenters. The molecule has 1 heterocycles. The molecule has 0 saturated carbocycles. The Hall–Kier alpha value is -3.91. The summed E-state index contributed by atoms with van der Waals surface area (Å²) in [7, 11) is 0. The van der Waals surface area contributed by atoms with E-state index in [2.05, 4.69) is 139 Å². The molecule has 0 spiro atoms. The predicted octanol–water partition coefficient (Wildman–Crippen LogP) is 5.98. The molecule has 5 rings (SSSR count). The average molecular weight is 469 g/mol. The van der Waals surface area contributed by atoms with Crippen LogP contribution in [0.2, 0.25) is 6.32 Å². The molecule has 36 heavy (non-hydrogen) atoms. The number of hydrogen-bond acceptors (Lipinski definition) is 0. The summed E-state index contributed by atoms with van der Waals surface area (Å²) >= 11 is 0. The van der Waals surface area contributed by atoms with Crippen LogP contribution in [0.15, 0.2) is 152 Å². The third-order valence-electron chi connectivity index (χ3n) is 7.08. The first kappa shape index (κ1) is 25.2. The Morgan fingerprint density at radius 3 is 1.31 bits per heavy atom. The van der Waals surface area contributed by atoms with Crippen molar-refractivity contribution < 1.29 is 4.57 Å². The van der Waals surface area contributed by atoms with Gasteiger partial charge in [-0.25, -0.2) is 4.57 Å². The maximum absolute atomic E-state index is 2.30. The molecule has 0 aliphatic rings. The van der Waals surface area contributed by atoms with Gasteiger partial charge in [0.05, 0.1) is 6.15 Å². The number of aromatic nitrogens is 1. The van der Waals surface area contributed by atoms with Crippen LogP contribution in [0.1, 0.15) is 25.3 Å². The van der Waals surface area contributed by atoms with Gasteiger partial charge < -0.3 is 0 Å². The molecule has 0 N–H and O–H groups in total. The van der Waals surface area contributed by atoms with E-state index >= 15 is 0 Å². The lowest BCUT2D eigenvalue weighted by atomic mass is 9.14. The number of hydrogen-bond donors (Lipinski definition) is 0.